The quantitative estimate of drug-likeness (QED) is 0.856. The Morgan fingerprint density at radius 2 is 2.16 bits per heavy atom. The maximum absolute atomic E-state index is 13.3. The van der Waals surface area contributed by atoms with Crippen molar-refractivity contribution in [2.75, 3.05) is 33.2 Å². The van der Waals surface area contributed by atoms with Crippen molar-refractivity contribution in [2.24, 2.45) is 5.92 Å². The molecule has 0 bridgehead atoms. The van der Waals surface area contributed by atoms with Gasteiger partial charge in [0.15, 0.2) is 0 Å². The van der Waals surface area contributed by atoms with Crippen molar-refractivity contribution in [3.05, 3.63) is 35.6 Å². The molecule has 2 atom stereocenters. The molecule has 1 amide bonds. The SMILES string of the molecule is CN(C(=O)C1CCCN(Cc2cccc(F)c2)C1)C1CCNC1.Cl.Cl. The monoisotopic (exact) mass is 391 g/mol. The predicted octanol–water partition coefficient (Wildman–Crippen LogP) is 2.70. The maximum Gasteiger partial charge on any atom is 0.227 e. The van der Waals surface area contributed by atoms with Crippen LogP contribution in [0.3, 0.4) is 0 Å². The standard InChI is InChI=1S/C18H26FN3O.2ClH/c1-21(17-7-8-20-11-17)18(23)15-5-3-9-22(13-15)12-14-4-2-6-16(19)10-14;;/h2,4,6,10,15,17,20H,3,5,7-9,11-13H2,1H3;2*1H. The Morgan fingerprint density at radius 1 is 1.36 bits per heavy atom. The van der Waals surface area contributed by atoms with E-state index in [4.69, 9.17) is 0 Å². The van der Waals surface area contributed by atoms with E-state index in [0.29, 0.717) is 6.04 Å². The zero-order valence-corrected chi connectivity index (χ0v) is 16.3. The summed E-state index contributed by atoms with van der Waals surface area (Å²) >= 11 is 0. The van der Waals surface area contributed by atoms with E-state index in [2.05, 4.69) is 10.2 Å². The lowest BCUT2D eigenvalue weighted by molar-refractivity contribution is -0.137. The lowest BCUT2D eigenvalue weighted by atomic mass is 9.95. The molecular weight excluding hydrogens is 364 g/mol. The van der Waals surface area contributed by atoms with Crippen molar-refractivity contribution in [1.82, 2.24) is 15.1 Å². The third-order valence-corrected chi connectivity index (χ3v) is 5.08. The lowest BCUT2D eigenvalue weighted by Gasteiger charge is -2.35. The van der Waals surface area contributed by atoms with Gasteiger partial charge in [0.25, 0.3) is 0 Å². The molecule has 2 aliphatic rings. The molecule has 0 aromatic heterocycles. The van der Waals surface area contributed by atoms with E-state index >= 15 is 0 Å². The van der Waals surface area contributed by atoms with Gasteiger partial charge in [-0.15, -0.1) is 24.8 Å². The topological polar surface area (TPSA) is 35.6 Å². The second-order valence-electron chi connectivity index (χ2n) is 6.80. The molecule has 0 saturated carbocycles. The van der Waals surface area contributed by atoms with Crippen LogP contribution < -0.4 is 5.32 Å². The molecule has 2 fully saturated rings. The van der Waals surface area contributed by atoms with Crippen molar-refractivity contribution >= 4 is 30.7 Å². The molecule has 2 heterocycles. The fourth-order valence-corrected chi connectivity index (χ4v) is 3.73. The summed E-state index contributed by atoms with van der Waals surface area (Å²) in [6, 6.07) is 7.09. The largest absolute Gasteiger partial charge is 0.341 e. The van der Waals surface area contributed by atoms with Gasteiger partial charge in [0.05, 0.1) is 5.92 Å². The number of hydrogen-bond acceptors (Lipinski definition) is 3. The molecule has 2 unspecified atom stereocenters. The number of halogens is 3. The predicted molar refractivity (Wildman–Crippen MR) is 103 cm³/mol. The second kappa shape index (κ2) is 10.3. The minimum atomic E-state index is -0.194. The summed E-state index contributed by atoms with van der Waals surface area (Å²) in [5.41, 5.74) is 0.978. The summed E-state index contributed by atoms with van der Waals surface area (Å²) in [7, 11) is 1.94. The number of carbonyl (C=O) groups is 1. The third kappa shape index (κ3) is 5.81. The fraction of sp³-hybridized carbons (Fsp3) is 0.611. The Morgan fingerprint density at radius 3 is 2.84 bits per heavy atom. The van der Waals surface area contributed by atoms with Gasteiger partial charge < -0.3 is 10.2 Å². The molecule has 142 valence electrons. The molecule has 0 aliphatic carbocycles. The summed E-state index contributed by atoms with van der Waals surface area (Å²) < 4.78 is 13.3. The first-order valence-corrected chi connectivity index (χ1v) is 8.57. The van der Waals surface area contributed by atoms with E-state index in [1.54, 1.807) is 12.1 Å². The van der Waals surface area contributed by atoms with Crippen LogP contribution in [0.4, 0.5) is 4.39 Å². The number of benzene rings is 1. The van der Waals surface area contributed by atoms with Crippen molar-refractivity contribution in [3.63, 3.8) is 0 Å². The van der Waals surface area contributed by atoms with Gasteiger partial charge in [-0.1, -0.05) is 12.1 Å². The van der Waals surface area contributed by atoms with Crippen molar-refractivity contribution in [2.45, 2.75) is 31.8 Å². The fourth-order valence-electron chi connectivity index (χ4n) is 3.73. The molecule has 1 aromatic carbocycles. The zero-order valence-electron chi connectivity index (χ0n) is 14.6. The van der Waals surface area contributed by atoms with Crippen LogP contribution in [0.5, 0.6) is 0 Å². The first-order chi connectivity index (χ1) is 11.1. The summed E-state index contributed by atoms with van der Waals surface area (Å²) in [4.78, 5) is 17.0. The number of piperidine rings is 1. The van der Waals surface area contributed by atoms with E-state index < -0.39 is 0 Å². The van der Waals surface area contributed by atoms with E-state index in [0.717, 1.165) is 57.5 Å². The van der Waals surface area contributed by atoms with Gasteiger partial charge in [0.1, 0.15) is 5.82 Å². The number of nitrogens with zero attached hydrogens (tertiary/aromatic N) is 2. The first kappa shape index (κ1) is 22.2. The van der Waals surface area contributed by atoms with Crippen LogP contribution in [0, 0.1) is 11.7 Å². The highest BCUT2D eigenvalue weighted by molar-refractivity contribution is 5.85. The highest BCUT2D eigenvalue weighted by atomic mass is 35.5. The van der Waals surface area contributed by atoms with Gasteiger partial charge in [0.2, 0.25) is 5.91 Å². The number of likely N-dealkylation sites (N-methyl/N-ethyl adjacent to an activating group) is 1. The van der Waals surface area contributed by atoms with Gasteiger partial charge in [-0.3, -0.25) is 9.69 Å². The molecule has 2 aliphatic heterocycles. The highest BCUT2D eigenvalue weighted by Gasteiger charge is 2.31. The summed E-state index contributed by atoms with van der Waals surface area (Å²) in [5.74, 6) is 0.145. The van der Waals surface area contributed by atoms with Crippen LogP contribution in [-0.2, 0) is 11.3 Å². The van der Waals surface area contributed by atoms with E-state index in [-0.39, 0.29) is 42.5 Å². The Hall–Kier alpha value is -0.880. The van der Waals surface area contributed by atoms with Gasteiger partial charge in [0, 0.05) is 32.7 Å². The third-order valence-electron chi connectivity index (χ3n) is 5.08. The van der Waals surface area contributed by atoms with Gasteiger partial charge in [-0.2, -0.15) is 0 Å². The Kier molecular flexibility index (Phi) is 9.14. The first-order valence-electron chi connectivity index (χ1n) is 8.57. The minimum absolute atomic E-state index is 0. The molecule has 0 spiro atoms. The molecule has 3 rings (SSSR count). The maximum atomic E-state index is 13.3. The van der Waals surface area contributed by atoms with Gasteiger partial charge in [-0.25, -0.2) is 4.39 Å². The minimum Gasteiger partial charge on any atom is -0.341 e. The normalized spacial score (nSPS) is 23.4. The van der Waals surface area contributed by atoms with Crippen LogP contribution in [-0.4, -0.2) is 55.0 Å². The van der Waals surface area contributed by atoms with E-state index in [1.807, 2.05) is 18.0 Å². The van der Waals surface area contributed by atoms with E-state index in [1.165, 1.54) is 6.07 Å². The molecule has 1 N–H and O–H groups in total. The van der Waals surface area contributed by atoms with Gasteiger partial charge in [-0.05, 0) is 50.0 Å². The average molecular weight is 392 g/mol. The summed E-state index contributed by atoms with van der Waals surface area (Å²) in [5, 5.41) is 3.32. The number of amides is 1. The number of likely N-dealkylation sites (tertiary alicyclic amines) is 1. The zero-order chi connectivity index (χ0) is 16.2. The second-order valence-corrected chi connectivity index (χ2v) is 6.80. The smallest absolute Gasteiger partial charge is 0.227 e. The van der Waals surface area contributed by atoms with Crippen molar-refractivity contribution < 1.29 is 9.18 Å². The van der Waals surface area contributed by atoms with Gasteiger partial charge >= 0.3 is 0 Å². The average Bonchev–Trinajstić information content (AvgIpc) is 3.08. The summed E-state index contributed by atoms with van der Waals surface area (Å²) in [6.07, 6.45) is 3.04. The molecule has 4 nitrogen and oxygen atoms in total. The van der Waals surface area contributed by atoms with Crippen LogP contribution in [0.2, 0.25) is 0 Å². The molecule has 0 radical (unpaired) electrons. The van der Waals surface area contributed by atoms with Crippen LogP contribution >= 0.6 is 24.8 Å². The highest BCUT2D eigenvalue weighted by Crippen LogP contribution is 2.22. The number of hydrogen-bond donors (Lipinski definition) is 1. The Labute approximate surface area is 162 Å². The number of nitrogens with one attached hydrogen (secondary N) is 1. The van der Waals surface area contributed by atoms with Crippen molar-refractivity contribution in [1.29, 1.82) is 0 Å². The Balaban J connectivity index is 0.00000156. The summed E-state index contributed by atoms with van der Waals surface area (Å²) in [6.45, 7) is 4.38. The lowest BCUT2D eigenvalue weighted by Crippen LogP contribution is -2.47. The van der Waals surface area contributed by atoms with Crippen LogP contribution in [0.15, 0.2) is 24.3 Å². The Bertz CT molecular complexity index is 555. The molecule has 2 saturated heterocycles. The van der Waals surface area contributed by atoms with Crippen LogP contribution in [0.1, 0.15) is 24.8 Å². The van der Waals surface area contributed by atoms with Crippen LogP contribution in [0.25, 0.3) is 0 Å². The number of carbonyl (C=O) groups excluding carboxylic acids is 1. The molecular formula is C18H28Cl2FN3O. The molecule has 25 heavy (non-hydrogen) atoms. The van der Waals surface area contributed by atoms with E-state index in [9.17, 15) is 9.18 Å². The molecule has 1 aromatic rings. The molecule has 7 heteroatoms. The van der Waals surface area contributed by atoms with Crippen molar-refractivity contribution in [3.8, 4) is 0 Å². The number of rotatable bonds is 4.